The number of rotatable bonds is 44. The Balaban J connectivity index is 0.934. The summed E-state index contributed by atoms with van der Waals surface area (Å²) in [4.78, 5) is 242. The first-order valence-corrected chi connectivity index (χ1v) is 54.5. The van der Waals surface area contributed by atoms with Crippen LogP contribution in [0.1, 0.15) is 282 Å². The molecule has 2 bridgehead atoms. The molecule has 1 aromatic carbocycles. The van der Waals surface area contributed by atoms with Crippen LogP contribution >= 0.6 is 23.5 Å². The molecule has 24 N–H and O–H groups in total. The van der Waals surface area contributed by atoms with E-state index in [2.05, 4.69) is 92.0 Å². The minimum absolute atomic E-state index is 0.0106. The Hall–Kier alpha value is -9.47. The molecule has 4 saturated heterocycles. The molecular formula is C99H159F2N19O21S2. The van der Waals surface area contributed by atoms with Gasteiger partial charge in [-0.2, -0.15) is 23.5 Å². The van der Waals surface area contributed by atoms with E-state index in [4.69, 9.17) is 11.5 Å². The van der Waals surface area contributed by atoms with Crippen LogP contribution in [0, 0.1) is 29.6 Å². The average molecular weight is 2050 g/mol. The van der Waals surface area contributed by atoms with Crippen LogP contribution in [0.4, 0.5) is 8.78 Å². The molecule has 7 fully saturated rings. The van der Waals surface area contributed by atoms with Gasteiger partial charge in [-0.05, 0) is 215 Å². The van der Waals surface area contributed by atoms with Gasteiger partial charge in [0.1, 0.15) is 78.3 Å². The van der Waals surface area contributed by atoms with Crippen molar-refractivity contribution in [2.75, 3.05) is 64.0 Å². The summed E-state index contributed by atoms with van der Waals surface area (Å²) in [5.41, 5.74) is 11.6. The smallest absolute Gasteiger partial charge is 0.326 e. The minimum atomic E-state index is -1.99. The maximum atomic E-state index is 15.9. The number of carbonyl (C=O) groups excluding carboxylic acids is 14. The number of nitrogens with zero attached hydrogens (tertiary/aromatic N) is 1. The second kappa shape index (κ2) is 61.2. The summed E-state index contributed by atoms with van der Waals surface area (Å²) in [5.74, 6) is -17.4. The van der Waals surface area contributed by atoms with E-state index in [1.165, 1.54) is 80.3 Å². The first kappa shape index (κ1) is 117. The van der Waals surface area contributed by atoms with Gasteiger partial charge in [-0.25, -0.2) is 18.4 Å². The molecule has 40 nitrogen and oxygen atoms in total. The normalized spacial score (nSPS) is 28.9. The van der Waals surface area contributed by atoms with Gasteiger partial charge in [0.25, 0.3) is 0 Å². The van der Waals surface area contributed by atoms with Gasteiger partial charge in [-0.1, -0.05) is 108 Å². The number of nitrogens with one attached hydrogen (secondary N) is 16. The number of carboxylic acid groups (broad SMARTS) is 3. The number of aliphatic hydroxyl groups is 1. The van der Waals surface area contributed by atoms with E-state index in [0.29, 0.717) is 76.5 Å². The lowest BCUT2D eigenvalue weighted by molar-refractivity contribution is -0.148. The zero-order chi connectivity index (χ0) is 103. The van der Waals surface area contributed by atoms with Gasteiger partial charge in [-0.15, -0.1) is 0 Å². The molecule has 20 atom stereocenters. The molecule has 8 aliphatic rings. The lowest BCUT2D eigenvalue weighted by Crippen LogP contribution is -2.64. The number of benzene rings is 1. The molecule has 0 spiro atoms. The molecule has 0 aromatic heterocycles. The van der Waals surface area contributed by atoms with Gasteiger partial charge in [-0.3, -0.25) is 71.9 Å². The van der Waals surface area contributed by atoms with Crippen molar-refractivity contribution in [3.63, 3.8) is 0 Å². The van der Waals surface area contributed by atoms with Crippen LogP contribution in [0.5, 0.6) is 0 Å². The fourth-order valence-electron chi connectivity index (χ4n) is 21.1. The molecule has 5 heterocycles. The van der Waals surface area contributed by atoms with E-state index in [0.717, 1.165) is 43.2 Å². The van der Waals surface area contributed by atoms with Crippen LogP contribution in [-0.2, 0) is 93.0 Å². The van der Waals surface area contributed by atoms with Crippen molar-refractivity contribution in [1.82, 2.24) is 90.0 Å². The number of amides is 14. The number of halogens is 2. The molecule has 1 aromatic rings. The number of fused-ring (bicyclic) bond motifs is 5. The highest BCUT2D eigenvalue weighted by Crippen LogP contribution is 2.41. The van der Waals surface area contributed by atoms with E-state index in [9.17, 15) is 73.2 Å². The lowest BCUT2D eigenvalue weighted by atomic mass is 9.76. The number of aliphatic carboxylic acids is 3. The largest absolute Gasteiger partial charge is 0.481 e. The van der Waals surface area contributed by atoms with E-state index in [1.807, 2.05) is 24.3 Å². The van der Waals surface area contributed by atoms with Crippen molar-refractivity contribution >= 4 is 124 Å². The third kappa shape index (κ3) is 39.7. The predicted octanol–water partition coefficient (Wildman–Crippen LogP) is 2.79. The number of nitrogens with two attached hydrogens (primary N) is 2. The first-order valence-electron chi connectivity index (χ1n) is 52.2. The SMILES string of the molecule is CCCCCCCCCCCCCCCC(=O)N[C@@H](CCC(=O)N[C@@H](CCC(=O)NCC[C@H](NC(=O)[C@@H]1CSCc2cccc(c2)CSCCC(=O)N[C@@H](CCCCN)C(=O)NCC(=O)N[C@@H](CC2CNC3CCC(F)CC23)C(=O)N[C@@H](CC2CNC3CCC(F)CC23)C(=O)N[C@@H](CC(=O)O)C(=O)N[C@@H](CC2CNCN2)C(=O)N[C@@H](CC2CCC(O)CC2)C(=O)N2CCC[C@@]2(C)C(=O)N1)C(N)=O)C(=O)O)C(=O)O. The highest BCUT2D eigenvalue weighted by Gasteiger charge is 2.51. The monoisotopic (exact) mass is 2050 g/mol. The highest BCUT2D eigenvalue weighted by molar-refractivity contribution is 7.98. The number of alkyl halides is 2. The molecule has 0 radical (unpaired) electrons. The first-order chi connectivity index (χ1) is 68.6. The Kier molecular flexibility index (Phi) is 50.1. The fraction of sp³-hybridized carbons (Fsp3) is 0.768. The van der Waals surface area contributed by atoms with E-state index in [-0.39, 0.29) is 176 Å². The molecule has 44 heteroatoms. The highest BCUT2D eigenvalue weighted by atomic mass is 32.2. The third-order valence-corrected chi connectivity index (χ3v) is 31.6. The van der Waals surface area contributed by atoms with Gasteiger partial charge >= 0.3 is 17.9 Å². The Morgan fingerprint density at radius 3 is 1.66 bits per heavy atom. The zero-order valence-corrected chi connectivity index (χ0v) is 84.7. The van der Waals surface area contributed by atoms with Gasteiger partial charge in [0, 0.05) is 93.1 Å². The van der Waals surface area contributed by atoms with Crippen molar-refractivity contribution < 1.29 is 111 Å². The quantitative estimate of drug-likeness (QED) is 0.0418. The van der Waals surface area contributed by atoms with Crippen LogP contribution in [-0.4, -0.2) is 292 Å². The second-order valence-corrected chi connectivity index (χ2v) is 42.7. The topological polar surface area (TPSA) is 619 Å². The summed E-state index contributed by atoms with van der Waals surface area (Å²) < 4.78 is 30.8. The van der Waals surface area contributed by atoms with Gasteiger partial charge in [0.05, 0.1) is 19.1 Å². The summed E-state index contributed by atoms with van der Waals surface area (Å²) in [6.07, 6.45) is 12.3. The predicted molar refractivity (Wildman–Crippen MR) is 532 cm³/mol. The van der Waals surface area contributed by atoms with E-state index < -0.39 is 235 Å². The second-order valence-electron chi connectivity index (χ2n) is 40.6. The molecule has 802 valence electrons. The standard InChI is InChI=1S/C99H159F2N19O21S2/c1-3-4-5-6-7-8-9-10-11-12-13-14-15-23-83(123)111-75(97(139)140)33-35-84(124)112-74(96(137)138)32-34-82(122)105-40-36-72(88(103)129)114-94(135)81-57-143-56-61-21-18-20-60(43-61)55-142-42-37-85(125)110-73(22-16-17-39-102)89(130)108-54-86(126)113-76(45-62-51-106-70-30-26-64(100)47-68(62)70)90(131)115-77(46-63-52-107-71-31-27-65(101)48-69(63)71)91(132)117-79(50-87(127)128)93(134)116-78(49-66-53-104-58-109-66)92(133)118-80(44-59-24-28-67(121)29-25-59)95(136)120-41-19-38-99(120,2)98(141)119-81/h18,20-21,43,59,62-81,104,106-107,109,121H,3-17,19,22-42,44-58,102H2,1-2H3,(H2,103,129)(H,105,122)(H,108,130)(H,110,125)(H,111,123)(H,112,124)(H,113,126)(H,114,135)(H,115,131)(H,116,134)(H,117,132)(H,118,133)(H,119,141)(H,127,128)(H,137,138)(H,139,140)/t59?,62?,63?,64?,65?,66?,67?,68?,69?,70?,71?,72-,73-,74-,75-,76-,77-,78-,79-,80-,81-,99-/m0/s1. The molecule has 143 heavy (non-hydrogen) atoms. The van der Waals surface area contributed by atoms with Crippen molar-refractivity contribution in [2.24, 2.45) is 41.1 Å². The van der Waals surface area contributed by atoms with Crippen LogP contribution in [0.25, 0.3) is 0 Å². The number of hydrogen-bond acceptors (Lipinski definition) is 25. The summed E-state index contributed by atoms with van der Waals surface area (Å²) >= 11 is 2.62. The number of primary amides is 1. The van der Waals surface area contributed by atoms with Crippen LogP contribution in [0.15, 0.2) is 24.3 Å². The maximum absolute atomic E-state index is 15.9. The van der Waals surface area contributed by atoms with E-state index >= 15 is 37.5 Å². The summed E-state index contributed by atoms with van der Waals surface area (Å²) in [6, 6.07) is -8.79. The number of carboxylic acids is 3. The number of thioether (sulfide) groups is 2. The molecule has 5 aliphatic heterocycles. The minimum Gasteiger partial charge on any atom is -0.481 e. The molecule has 9 rings (SSSR count). The molecule has 9 unspecified atom stereocenters. The summed E-state index contributed by atoms with van der Waals surface area (Å²) in [6.45, 7) is 3.99. The van der Waals surface area contributed by atoms with E-state index in [1.54, 1.807) is 0 Å². The molecular weight excluding hydrogens is 1890 g/mol. The maximum Gasteiger partial charge on any atom is 0.326 e. The third-order valence-electron chi connectivity index (χ3n) is 29.4. The molecule has 14 amide bonds. The number of hydrogen-bond donors (Lipinski definition) is 22. The summed E-state index contributed by atoms with van der Waals surface area (Å²) in [7, 11) is 0. The van der Waals surface area contributed by atoms with Crippen LogP contribution in [0.2, 0.25) is 0 Å². The van der Waals surface area contributed by atoms with Crippen LogP contribution < -0.4 is 96.5 Å². The van der Waals surface area contributed by atoms with Gasteiger partial charge < -0.3 is 122 Å². The van der Waals surface area contributed by atoms with Gasteiger partial charge in [0.15, 0.2) is 0 Å². The van der Waals surface area contributed by atoms with Gasteiger partial charge in [0.2, 0.25) is 82.7 Å². The lowest BCUT2D eigenvalue weighted by Gasteiger charge is -2.38. The fourth-order valence-corrected chi connectivity index (χ4v) is 23.0. The Labute approximate surface area is 845 Å². The molecule has 3 aliphatic carbocycles. The summed E-state index contributed by atoms with van der Waals surface area (Å²) in [5, 5.41) is 86.4. The molecule has 3 saturated carbocycles. The average Bonchev–Trinajstić information content (AvgIpc) is 1.64. The van der Waals surface area contributed by atoms with Crippen molar-refractivity contribution in [3.8, 4) is 0 Å². The van der Waals surface area contributed by atoms with Crippen molar-refractivity contribution in [1.29, 1.82) is 0 Å². The Bertz CT molecular complexity index is 4370. The number of aliphatic hydroxyl groups excluding tert-OH is 1. The number of carbonyl (C=O) groups is 17. The Morgan fingerprint density at radius 1 is 0.552 bits per heavy atom. The van der Waals surface area contributed by atoms with Crippen molar-refractivity contribution in [2.45, 2.75) is 385 Å². The van der Waals surface area contributed by atoms with Crippen molar-refractivity contribution in [3.05, 3.63) is 35.4 Å². The Morgan fingerprint density at radius 2 is 1.09 bits per heavy atom. The van der Waals surface area contributed by atoms with Crippen LogP contribution in [0.3, 0.4) is 0 Å². The zero-order valence-electron chi connectivity index (χ0n) is 83.1. The number of unbranched alkanes of at least 4 members (excludes halogenated alkanes) is 13.